The maximum atomic E-state index is 11.8. The molecule has 0 aromatic carbocycles. The van der Waals surface area contributed by atoms with Gasteiger partial charge in [0, 0.05) is 25.2 Å². The number of pyridine rings is 1. The number of rotatable bonds is 3. The summed E-state index contributed by atoms with van der Waals surface area (Å²) in [5.74, 6) is 0.791. The number of piperidine rings is 1. The first-order valence-electron chi connectivity index (χ1n) is 6.98. The summed E-state index contributed by atoms with van der Waals surface area (Å²) in [6.45, 7) is 6.44. The van der Waals surface area contributed by atoms with Gasteiger partial charge in [0.2, 0.25) is 11.8 Å². The number of ether oxygens (including phenoxy) is 1. The Labute approximate surface area is 114 Å². The maximum absolute atomic E-state index is 11.8. The third-order valence-corrected chi connectivity index (χ3v) is 3.41. The second-order valence-electron chi connectivity index (χ2n) is 5.29. The zero-order valence-electron chi connectivity index (χ0n) is 11.9. The van der Waals surface area contributed by atoms with Crippen LogP contribution in [0.15, 0.2) is 18.3 Å². The molecule has 0 aliphatic carbocycles. The monoisotopic (exact) mass is 262 g/mol. The number of nitrogens with zero attached hydrogens (tertiary/aromatic N) is 2. The second-order valence-corrected chi connectivity index (χ2v) is 5.29. The molecule has 1 aromatic heterocycles. The van der Waals surface area contributed by atoms with E-state index in [-0.39, 0.29) is 18.1 Å². The van der Waals surface area contributed by atoms with Crippen molar-refractivity contribution in [1.29, 1.82) is 0 Å². The van der Waals surface area contributed by atoms with Gasteiger partial charge < -0.3 is 9.64 Å². The number of aromatic nitrogens is 1. The Balaban J connectivity index is 2.30. The second kappa shape index (κ2) is 6.04. The Morgan fingerprint density at radius 2 is 2.26 bits per heavy atom. The van der Waals surface area contributed by atoms with Crippen molar-refractivity contribution in [3.63, 3.8) is 0 Å². The number of likely N-dealkylation sites (tertiary alicyclic amines) is 1. The van der Waals surface area contributed by atoms with Crippen LogP contribution >= 0.6 is 0 Å². The Hall–Kier alpha value is -1.58. The SMILES string of the molecule is CC(=O)N1CCCC[C@H]1c1cccnc1OC(C)C. The molecule has 104 valence electrons. The predicted octanol–water partition coefficient (Wildman–Crippen LogP) is 2.94. The van der Waals surface area contributed by atoms with Crippen molar-refractivity contribution in [2.24, 2.45) is 0 Å². The molecule has 0 spiro atoms. The number of carbonyl (C=O) groups excluding carboxylic acids is 1. The van der Waals surface area contributed by atoms with Crippen LogP contribution in [0.4, 0.5) is 0 Å². The Kier molecular flexibility index (Phi) is 4.40. The molecule has 0 bridgehead atoms. The fourth-order valence-electron chi connectivity index (χ4n) is 2.61. The van der Waals surface area contributed by atoms with E-state index in [4.69, 9.17) is 4.74 Å². The standard InChI is InChI=1S/C15H22N2O2/c1-11(2)19-15-13(7-6-9-16-15)14-8-4-5-10-17(14)12(3)18/h6-7,9,11,14H,4-5,8,10H2,1-3H3/t14-/m0/s1. The number of hydrogen-bond acceptors (Lipinski definition) is 3. The predicted molar refractivity (Wildman–Crippen MR) is 74.0 cm³/mol. The molecule has 4 nitrogen and oxygen atoms in total. The summed E-state index contributed by atoms with van der Waals surface area (Å²) in [6.07, 6.45) is 5.03. The maximum Gasteiger partial charge on any atom is 0.219 e. The van der Waals surface area contributed by atoms with Crippen LogP contribution in [-0.4, -0.2) is 28.4 Å². The molecule has 4 heteroatoms. The highest BCUT2D eigenvalue weighted by Gasteiger charge is 2.28. The van der Waals surface area contributed by atoms with E-state index in [9.17, 15) is 4.79 Å². The first-order valence-corrected chi connectivity index (χ1v) is 6.98. The lowest BCUT2D eigenvalue weighted by molar-refractivity contribution is -0.132. The summed E-state index contributed by atoms with van der Waals surface area (Å²) < 4.78 is 5.78. The topological polar surface area (TPSA) is 42.4 Å². The lowest BCUT2D eigenvalue weighted by Crippen LogP contribution is -2.37. The molecule has 0 unspecified atom stereocenters. The molecule has 19 heavy (non-hydrogen) atoms. The van der Waals surface area contributed by atoms with Crippen molar-refractivity contribution in [3.8, 4) is 5.88 Å². The molecule has 1 aliphatic rings. The molecule has 1 fully saturated rings. The Morgan fingerprint density at radius 1 is 1.47 bits per heavy atom. The van der Waals surface area contributed by atoms with Gasteiger partial charge in [-0.3, -0.25) is 4.79 Å². The number of amides is 1. The minimum atomic E-state index is 0.0861. The van der Waals surface area contributed by atoms with Crippen LogP contribution < -0.4 is 4.74 Å². The Morgan fingerprint density at radius 3 is 2.95 bits per heavy atom. The zero-order chi connectivity index (χ0) is 13.8. The summed E-state index contributed by atoms with van der Waals surface area (Å²) in [5, 5.41) is 0. The third kappa shape index (κ3) is 3.25. The normalized spacial score (nSPS) is 19.6. The van der Waals surface area contributed by atoms with Gasteiger partial charge in [0.25, 0.3) is 0 Å². The van der Waals surface area contributed by atoms with Crippen LogP contribution in [0.2, 0.25) is 0 Å². The van der Waals surface area contributed by atoms with E-state index >= 15 is 0 Å². The highest BCUT2D eigenvalue weighted by atomic mass is 16.5. The van der Waals surface area contributed by atoms with Crippen molar-refractivity contribution in [1.82, 2.24) is 9.88 Å². The highest BCUT2D eigenvalue weighted by molar-refractivity contribution is 5.74. The molecule has 0 radical (unpaired) electrons. The minimum Gasteiger partial charge on any atom is -0.475 e. The van der Waals surface area contributed by atoms with Gasteiger partial charge in [0.1, 0.15) is 0 Å². The van der Waals surface area contributed by atoms with E-state index in [1.807, 2.05) is 30.9 Å². The molecule has 1 atom stereocenters. The highest BCUT2D eigenvalue weighted by Crippen LogP contribution is 2.35. The van der Waals surface area contributed by atoms with Crippen LogP contribution in [0, 0.1) is 0 Å². The Bertz CT molecular complexity index is 446. The van der Waals surface area contributed by atoms with E-state index in [0.29, 0.717) is 5.88 Å². The molecule has 0 saturated carbocycles. The van der Waals surface area contributed by atoms with Gasteiger partial charge in [-0.25, -0.2) is 4.98 Å². The fourth-order valence-corrected chi connectivity index (χ4v) is 2.61. The summed E-state index contributed by atoms with van der Waals surface area (Å²) in [5.41, 5.74) is 1.03. The lowest BCUT2D eigenvalue weighted by atomic mass is 9.96. The molecule has 2 rings (SSSR count). The quantitative estimate of drug-likeness (QED) is 0.841. The van der Waals surface area contributed by atoms with Gasteiger partial charge in [-0.05, 0) is 39.2 Å². The molecular weight excluding hydrogens is 240 g/mol. The average molecular weight is 262 g/mol. The lowest BCUT2D eigenvalue weighted by Gasteiger charge is -2.35. The van der Waals surface area contributed by atoms with E-state index in [0.717, 1.165) is 31.4 Å². The zero-order valence-corrected chi connectivity index (χ0v) is 11.9. The van der Waals surface area contributed by atoms with E-state index in [1.54, 1.807) is 13.1 Å². The summed E-state index contributed by atoms with van der Waals surface area (Å²) in [7, 11) is 0. The first-order chi connectivity index (χ1) is 9.09. The van der Waals surface area contributed by atoms with E-state index in [2.05, 4.69) is 4.98 Å². The minimum absolute atomic E-state index is 0.0861. The molecular formula is C15H22N2O2. The molecule has 1 amide bonds. The number of hydrogen-bond donors (Lipinski definition) is 0. The average Bonchev–Trinajstić information content (AvgIpc) is 2.38. The van der Waals surface area contributed by atoms with Crippen molar-refractivity contribution in [2.75, 3.05) is 6.54 Å². The first kappa shape index (κ1) is 13.8. The summed E-state index contributed by atoms with van der Waals surface area (Å²) >= 11 is 0. The van der Waals surface area contributed by atoms with Crippen molar-refractivity contribution in [2.45, 2.75) is 52.2 Å². The summed E-state index contributed by atoms with van der Waals surface area (Å²) in [6, 6.07) is 4.04. The van der Waals surface area contributed by atoms with Gasteiger partial charge in [-0.1, -0.05) is 6.07 Å². The van der Waals surface area contributed by atoms with Crippen LogP contribution in [0.5, 0.6) is 5.88 Å². The van der Waals surface area contributed by atoms with Gasteiger partial charge in [-0.15, -0.1) is 0 Å². The van der Waals surface area contributed by atoms with Gasteiger partial charge in [0.05, 0.1) is 12.1 Å². The van der Waals surface area contributed by atoms with Gasteiger partial charge in [0.15, 0.2) is 0 Å². The smallest absolute Gasteiger partial charge is 0.219 e. The van der Waals surface area contributed by atoms with Gasteiger partial charge in [-0.2, -0.15) is 0 Å². The molecule has 1 aromatic rings. The largest absolute Gasteiger partial charge is 0.475 e. The van der Waals surface area contributed by atoms with Crippen LogP contribution in [0.25, 0.3) is 0 Å². The summed E-state index contributed by atoms with van der Waals surface area (Å²) in [4.78, 5) is 18.0. The molecule has 2 heterocycles. The van der Waals surface area contributed by atoms with Crippen molar-refractivity contribution in [3.05, 3.63) is 23.9 Å². The van der Waals surface area contributed by atoms with Crippen molar-refractivity contribution >= 4 is 5.91 Å². The fraction of sp³-hybridized carbons (Fsp3) is 0.600. The third-order valence-electron chi connectivity index (χ3n) is 3.41. The molecule has 1 saturated heterocycles. The van der Waals surface area contributed by atoms with Crippen LogP contribution in [0.3, 0.4) is 0 Å². The van der Waals surface area contributed by atoms with Gasteiger partial charge >= 0.3 is 0 Å². The number of carbonyl (C=O) groups is 1. The molecule has 1 aliphatic heterocycles. The van der Waals surface area contributed by atoms with Crippen molar-refractivity contribution < 1.29 is 9.53 Å². The van der Waals surface area contributed by atoms with Crippen LogP contribution in [-0.2, 0) is 4.79 Å². The van der Waals surface area contributed by atoms with Crippen LogP contribution in [0.1, 0.15) is 51.6 Å². The van der Waals surface area contributed by atoms with E-state index < -0.39 is 0 Å². The molecule has 0 N–H and O–H groups in total. The van der Waals surface area contributed by atoms with E-state index in [1.165, 1.54) is 0 Å².